The Balaban J connectivity index is 2.27. The Morgan fingerprint density at radius 3 is 3.20 bits per heavy atom. The maximum atomic E-state index is 11.1. The minimum atomic E-state index is 0.0388. The zero-order chi connectivity index (χ0) is 7.19. The van der Waals surface area contributed by atoms with E-state index in [-0.39, 0.29) is 11.4 Å². The molecule has 0 bridgehead atoms. The normalized spacial score (nSPS) is 38.9. The number of hydrogen-bond acceptors (Lipinski definition) is 2. The Bertz CT molecular complexity index is 180. The van der Waals surface area contributed by atoms with Crippen molar-refractivity contribution >= 4 is 5.91 Å². The number of nitrogens with zero attached hydrogens (tertiary/aromatic N) is 1. The number of hydrogen-bond donors (Lipinski definition) is 0. The fourth-order valence-electron chi connectivity index (χ4n) is 1.68. The van der Waals surface area contributed by atoms with E-state index >= 15 is 0 Å². The minimum Gasteiger partial charge on any atom is -0.359 e. The molecule has 2 heterocycles. The molecule has 3 heteroatoms. The summed E-state index contributed by atoms with van der Waals surface area (Å²) in [6, 6.07) is 0. The molecule has 1 unspecified atom stereocenters. The Labute approximate surface area is 60.0 Å². The van der Waals surface area contributed by atoms with Crippen LogP contribution in [0.25, 0.3) is 0 Å². The van der Waals surface area contributed by atoms with Gasteiger partial charge in [0.2, 0.25) is 5.91 Å². The smallest absolute Gasteiger partial charge is 0.225 e. The predicted molar refractivity (Wildman–Crippen MR) is 35.3 cm³/mol. The van der Waals surface area contributed by atoms with Gasteiger partial charge in [-0.3, -0.25) is 4.79 Å². The van der Waals surface area contributed by atoms with Crippen LogP contribution in [0.1, 0.15) is 19.8 Å². The quantitative estimate of drug-likeness (QED) is 0.487. The molecule has 3 nitrogen and oxygen atoms in total. The molecule has 0 radical (unpaired) electrons. The SMILES string of the molecule is CC12CCC(=O)N1COC2. The van der Waals surface area contributed by atoms with Crippen LogP contribution in [0, 0.1) is 0 Å². The van der Waals surface area contributed by atoms with Gasteiger partial charge in [0.05, 0.1) is 12.1 Å². The lowest BCUT2D eigenvalue weighted by molar-refractivity contribution is -0.130. The molecule has 10 heavy (non-hydrogen) atoms. The van der Waals surface area contributed by atoms with Crippen molar-refractivity contribution in [1.82, 2.24) is 4.90 Å². The van der Waals surface area contributed by atoms with Crippen LogP contribution < -0.4 is 0 Å². The highest BCUT2D eigenvalue weighted by atomic mass is 16.5. The van der Waals surface area contributed by atoms with Gasteiger partial charge in [0, 0.05) is 6.42 Å². The highest BCUT2D eigenvalue weighted by Gasteiger charge is 2.45. The van der Waals surface area contributed by atoms with Crippen molar-refractivity contribution in [1.29, 1.82) is 0 Å². The second kappa shape index (κ2) is 1.72. The van der Waals surface area contributed by atoms with Crippen molar-refractivity contribution in [2.24, 2.45) is 0 Å². The summed E-state index contributed by atoms with van der Waals surface area (Å²) in [4.78, 5) is 12.9. The average molecular weight is 141 g/mol. The van der Waals surface area contributed by atoms with Gasteiger partial charge in [0.1, 0.15) is 6.73 Å². The van der Waals surface area contributed by atoms with Crippen molar-refractivity contribution in [3.63, 3.8) is 0 Å². The maximum Gasteiger partial charge on any atom is 0.225 e. The molecule has 0 aliphatic carbocycles. The van der Waals surface area contributed by atoms with E-state index in [1.807, 2.05) is 4.90 Å². The Morgan fingerprint density at radius 1 is 1.70 bits per heavy atom. The van der Waals surface area contributed by atoms with Gasteiger partial charge in [-0.2, -0.15) is 0 Å². The molecule has 2 rings (SSSR count). The molecule has 0 saturated carbocycles. The highest BCUT2D eigenvalue weighted by Crippen LogP contribution is 2.33. The summed E-state index contributed by atoms with van der Waals surface area (Å²) < 4.78 is 5.19. The maximum absolute atomic E-state index is 11.1. The molecule has 2 saturated heterocycles. The molecule has 2 fully saturated rings. The average Bonchev–Trinajstić information content (AvgIpc) is 2.35. The molecule has 1 atom stereocenters. The van der Waals surface area contributed by atoms with Crippen LogP contribution in [-0.4, -0.2) is 29.7 Å². The van der Waals surface area contributed by atoms with Gasteiger partial charge in [0.15, 0.2) is 0 Å². The summed E-state index contributed by atoms with van der Waals surface area (Å²) in [5, 5.41) is 0. The first kappa shape index (κ1) is 6.16. The monoisotopic (exact) mass is 141 g/mol. The van der Waals surface area contributed by atoms with E-state index in [0.29, 0.717) is 13.2 Å². The summed E-state index contributed by atoms with van der Waals surface area (Å²) in [5.41, 5.74) is 0.0388. The first-order valence-corrected chi connectivity index (χ1v) is 3.61. The van der Waals surface area contributed by atoms with Gasteiger partial charge < -0.3 is 9.64 Å². The van der Waals surface area contributed by atoms with Crippen LogP contribution >= 0.6 is 0 Å². The predicted octanol–water partition coefficient (Wildman–Crippen LogP) is 0.355. The van der Waals surface area contributed by atoms with Crippen LogP contribution in [0.15, 0.2) is 0 Å². The number of carbonyl (C=O) groups excluding carboxylic acids is 1. The van der Waals surface area contributed by atoms with Gasteiger partial charge in [-0.15, -0.1) is 0 Å². The van der Waals surface area contributed by atoms with E-state index in [1.54, 1.807) is 0 Å². The number of rotatable bonds is 0. The van der Waals surface area contributed by atoms with Crippen molar-refractivity contribution < 1.29 is 9.53 Å². The summed E-state index contributed by atoms with van der Waals surface area (Å²) in [6.45, 7) is 3.32. The van der Waals surface area contributed by atoms with Gasteiger partial charge in [-0.25, -0.2) is 0 Å². The van der Waals surface area contributed by atoms with Crippen molar-refractivity contribution in [3.05, 3.63) is 0 Å². The fourth-order valence-corrected chi connectivity index (χ4v) is 1.68. The zero-order valence-electron chi connectivity index (χ0n) is 6.09. The molecule has 0 N–H and O–H groups in total. The number of ether oxygens (including phenoxy) is 1. The third kappa shape index (κ3) is 0.611. The molecule has 0 aromatic heterocycles. The van der Waals surface area contributed by atoms with Crippen molar-refractivity contribution in [2.75, 3.05) is 13.3 Å². The molecule has 56 valence electrons. The highest BCUT2D eigenvalue weighted by molar-refractivity contribution is 5.79. The first-order chi connectivity index (χ1) is 4.72. The van der Waals surface area contributed by atoms with Crippen LogP contribution in [0.4, 0.5) is 0 Å². The van der Waals surface area contributed by atoms with Gasteiger partial charge >= 0.3 is 0 Å². The van der Waals surface area contributed by atoms with E-state index in [9.17, 15) is 4.79 Å². The summed E-state index contributed by atoms with van der Waals surface area (Å²) in [6.07, 6.45) is 1.67. The second-order valence-electron chi connectivity index (χ2n) is 3.30. The lowest BCUT2D eigenvalue weighted by Crippen LogP contribution is -2.39. The molecule has 0 aromatic carbocycles. The van der Waals surface area contributed by atoms with Crippen LogP contribution in [0.3, 0.4) is 0 Å². The third-order valence-electron chi connectivity index (χ3n) is 2.46. The van der Waals surface area contributed by atoms with Gasteiger partial charge in [-0.05, 0) is 13.3 Å². The standard InChI is InChI=1S/C7H11NO2/c1-7-3-2-6(9)8(7)5-10-4-7/h2-5H2,1H3. The Hall–Kier alpha value is -0.570. The van der Waals surface area contributed by atoms with Crippen LogP contribution in [0.2, 0.25) is 0 Å². The molecular weight excluding hydrogens is 130 g/mol. The largest absolute Gasteiger partial charge is 0.359 e. The van der Waals surface area contributed by atoms with Gasteiger partial charge in [-0.1, -0.05) is 0 Å². The molecule has 0 spiro atoms. The van der Waals surface area contributed by atoms with Crippen molar-refractivity contribution in [3.8, 4) is 0 Å². The summed E-state index contributed by atoms with van der Waals surface area (Å²) in [5.74, 6) is 0.250. The molecular formula is C7H11NO2. The lowest BCUT2D eigenvalue weighted by Gasteiger charge is -2.23. The zero-order valence-corrected chi connectivity index (χ0v) is 6.09. The molecule has 2 aliphatic rings. The van der Waals surface area contributed by atoms with E-state index in [1.165, 1.54) is 0 Å². The van der Waals surface area contributed by atoms with Crippen LogP contribution in [-0.2, 0) is 9.53 Å². The van der Waals surface area contributed by atoms with E-state index < -0.39 is 0 Å². The second-order valence-corrected chi connectivity index (χ2v) is 3.30. The first-order valence-electron chi connectivity index (χ1n) is 3.61. The number of carbonyl (C=O) groups is 1. The topological polar surface area (TPSA) is 29.5 Å². The lowest BCUT2D eigenvalue weighted by atomic mass is 10.0. The van der Waals surface area contributed by atoms with E-state index in [2.05, 4.69) is 6.92 Å². The van der Waals surface area contributed by atoms with E-state index in [4.69, 9.17) is 4.74 Å². The summed E-state index contributed by atoms with van der Waals surface area (Å²) in [7, 11) is 0. The number of amides is 1. The fraction of sp³-hybridized carbons (Fsp3) is 0.857. The van der Waals surface area contributed by atoms with E-state index in [0.717, 1.165) is 13.0 Å². The Kier molecular flexibility index (Phi) is 1.06. The minimum absolute atomic E-state index is 0.0388. The third-order valence-corrected chi connectivity index (χ3v) is 2.46. The van der Waals surface area contributed by atoms with Crippen molar-refractivity contribution in [2.45, 2.75) is 25.3 Å². The number of fused-ring (bicyclic) bond motifs is 1. The van der Waals surface area contributed by atoms with Gasteiger partial charge in [0.25, 0.3) is 0 Å². The summed E-state index contributed by atoms with van der Waals surface area (Å²) >= 11 is 0. The molecule has 0 aromatic rings. The Morgan fingerprint density at radius 2 is 2.50 bits per heavy atom. The molecule has 2 aliphatic heterocycles. The molecule has 1 amide bonds. The van der Waals surface area contributed by atoms with Crippen LogP contribution in [0.5, 0.6) is 0 Å².